The van der Waals surface area contributed by atoms with Crippen molar-refractivity contribution in [3.05, 3.63) is 88.4 Å². The molecule has 6 nitrogen and oxygen atoms in total. The zero-order chi connectivity index (χ0) is 22.4. The van der Waals surface area contributed by atoms with E-state index in [4.69, 9.17) is 16.3 Å². The molecule has 3 rings (SSSR count). The van der Waals surface area contributed by atoms with Crippen LogP contribution in [0.1, 0.15) is 28.4 Å². The summed E-state index contributed by atoms with van der Waals surface area (Å²) in [5.41, 5.74) is 2.22. The van der Waals surface area contributed by atoms with E-state index in [0.717, 1.165) is 11.1 Å². The fourth-order valence-corrected chi connectivity index (χ4v) is 4.62. The van der Waals surface area contributed by atoms with E-state index in [0.29, 0.717) is 18.0 Å². The van der Waals surface area contributed by atoms with Gasteiger partial charge in [0.15, 0.2) is 0 Å². The van der Waals surface area contributed by atoms with E-state index in [1.165, 1.54) is 18.2 Å². The van der Waals surface area contributed by atoms with Gasteiger partial charge in [0.05, 0.1) is 17.3 Å². The molecule has 162 valence electrons. The second-order valence-electron chi connectivity index (χ2n) is 6.79. The summed E-state index contributed by atoms with van der Waals surface area (Å²) in [5.74, 6) is 0.266. The number of hydrogen-bond donors (Lipinski definition) is 2. The lowest BCUT2D eigenvalue weighted by Crippen LogP contribution is -2.24. The molecule has 1 amide bonds. The van der Waals surface area contributed by atoms with E-state index in [1.54, 1.807) is 25.1 Å². The van der Waals surface area contributed by atoms with Gasteiger partial charge >= 0.3 is 0 Å². The summed E-state index contributed by atoms with van der Waals surface area (Å²) in [5, 5.41) is 2.82. The van der Waals surface area contributed by atoms with Crippen LogP contribution in [0, 0.1) is 6.92 Å². The number of carbonyl (C=O) groups excluding carboxylic acids is 1. The van der Waals surface area contributed by atoms with E-state index < -0.39 is 15.9 Å². The second kappa shape index (κ2) is 9.85. The number of halogens is 1. The van der Waals surface area contributed by atoms with Crippen molar-refractivity contribution in [3.8, 4) is 5.75 Å². The quantitative estimate of drug-likeness (QED) is 0.508. The highest BCUT2D eigenvalue weighted by Gasteiger charge is 2.21. The Balaban J connectivity index is 1.80. The highest BCUT2D eigenvalue weighted by molar-refractivity contribution is 7.92. The largest absolute Gasteiger partial charge is 0.494 e. The predicted molar refractivity (Wildman–Crippen MR) is 122 cm³/mol. The number of benzene rings is 3. The van der Waals surface area contributed by atoms with Gasteiger partial charge in [0.25, 0.3) is 15.9 Å². The molecule has 0 aliphatic heterocycles. The van der Waals surface area contributed by atoms with E-state index in [1.807, 2.05) is 37.3 Å². The summed E-state index contributed by atoms with van der Waals surface area (Å²) in [7, 11) is -3.99. The van der Waals surface area contributed by atoms with Crippen LogP contribution in [0.15, 0.2) is 71.6 Å². The number of hydrogen-bond acceptors (Lipinski definition) is 4. The molecule has 8 heteroatoms. The first-order valence-corrected chi connectivity index (χ1v) is 11.5. The lowest BCUT2D eigenvalue weighted by atomic mass is 10.1. The maximum absolute atomic E-state index is 12.9. The van der Waals surface area contributed by atoms with Crippen molar-refractivity contribution in [1.29, 1.82) is 0 Å². The lowest BCUT2D eigenvalue weighted by molar-refractivity contribution is 0.0950. The molecular weight excluding hydrogens is 436 g/mol. The average molecular weight is 459 g/mol. The number of anilines is 1. The molecule has 0 saturated carbocycles. The molecule has 0 spiro atoms. The maximum atomic E-state index is 12.9. The Morgan fingerprint density at radius 1 is 1.03 bits per heavy atom. The number of nitrogens with one attached hydrogen (secondary N) is 2. The molecule has 0 heterocycles. The van der Waals surface area contributed by atoms with Crippen molar-refractivity contribution in [2.24, 2.45) is 0 Å². The van der Waals surface area contributed by atoms with E-state index in [-0.39, 0.29) is 22.0 Å². The molecule has 31 heavy (non-hydrogen) atoms. The molecule has 0 unspecified atom stereocenters. The molecular formula is C23H23ClN2O4S. The maximum Gasteiger partial charge on any atom is 0.263 e. The van der Waals surface area contributed by atoms with Crippen molar-refractivity contribution in [2.75, 3.05) is 11.3 Å². The molecule has 0 radical (unpaired) electrons. The van der Waals surface area contributed by atoms with Crippen LogP contribution < -0.4 is 14.8 Å². The molecule has 0 aliphatic rings. The Kier molecular flexibility index (Phi) is 7.20. The van der Waals surface area contributed by atoms with Gasteiger partial charge in [-0.1, -0.05) is 48.0 Å². The summed E-state index contributed by atoms with van der Waals surface area (Å²) < 4.78 is 33.9. The lowest BCUT2D eigenvalue weighted by Gasteiger charge is -2.13. The first-order chi connectivity index (χ1) is 14.8. The van der Waals surface area contributed by atoms with Gasteiger partial charge in [0.1, 0.15) is 10.6 Å². The van der Waals surface area contributed by atoms with E-state index in [9.17, 15) is 13.2 Å². The average Bonchev–Trinajstić information content (AvgIpc) is 2.75. The third-order valence-corrected chi connectivity index (χ3v) is 6.43. The van der Waals surface area contributed by atoms with Crippen molar-refractivity contribution >= 4 is 33.2 Å². The number of ether oxygens (including phenoxy) is 1. The molecule has 3 aromatic rings. The number of rotatable bonds is 8. The fourth-order valence-electron chi connectivity index (χ4n) is 2.96. The molecule has 0 bridgehead atoms. The van der Waals surface area contributed by atoms with E-state index >= 15 is 0 Å². The first-order valence-electron chi connectivity index (χ1n) is 9.68. The van der Waals surface area contributed by atoms with Crippen LogP contribution in [-0.4, -0.2) is 20.9 Å². The minimum atomic E-state index is -3.99. The first kappa shape index (κ1) is 22.7. The van der Waals surface area contributed by atoms with Gasteiger partial charge < -0.3 is 10.1 Å². The Morgan fingerprint density at radius 2 is 1.74 bits per heavy atom. The van der Waals surface area contributed by atoms with Gasteiger partial charge in [-0.25, -0.2) is 8.42 Å². The van der Waals surface area contributed by atoms with Crippen molar-refractivity contribution in [1.82, 2.24) is 5.32 Å². The molecule has 2 N–H and O–H groups in total. The zero-order valence-electron chi connectivity index (χ0n) is 17.2. The third kappa shape index (κ3) is 5.57. The van der Waals surface area contributed by atoms with Crippen molar-refractivity contribution in [2.45, 2.75) is 25.3 Å². The van der Waals surface area contributed by atoms with Crippen molar-refractivity contribution < 1.29 is 17.9 Å². The van der Waals surface area contributed by atoms with Gasteiger partial charge in [-0.3, -0.25) is 9.52 Å². The number of sulfonamides is 1. The van der Waals surface area contributed by atoms with Gasteiger partial charge in [-0.05, 0) is 49.7 Å². The monoisotopic (exact) mass is 458 g/mol. The van der Waals surface area contributed by atoms with Gasteiger partial charge in [-0.2, -0.15) is 0 Å². The number of amides is 1. The van der Waals surface area contributed by atoms with Crippen LogP contribution >= 0.6 is 11.6 Å². The van der Waals surface area contributed by atoms with Crippen molar-refractivity contribution in [3.63, 3.8) is 0 Å². The molecule has 0 atom stereocenters. The summed E-state index contributed by atoms with van der Waals surface area (Å²) in [6.07, 6.45) is 0. The molecule has 0 fully saturated rings. The Labute approximate surface area is 187 Å². The smallest absolute Gasteiger partial charge is 0.263 e. The molecule has 0 aromatic heterocycles. The second-order valence-corrected chi connectivity index (χ2v) is 8.85. The summed E-state index contributed by atoms with van der Waals surface area (Å²) in [4.78, 5) is 12.5. The summed E-state index contributed by atoms with van der Waals surface area (Å²) in [6, 6.07) is 18.6. The Hall–Kier alpha value is -3.03. The van der Waals surface area contributed by atoms with Gasteiger partial charge in [-0.15, -0.1) is 0 Å². The minimum absolute atomic E-state index is 0.0272. The topological polar surface area (TPSA) is 84.5 Å². The number of aryl methyl sites for hydroxylation is 1. The molecule has 0 aliphatic carbocycles. The summed E-state index contributed by atoms with van der Waals surface area (Å²) in [6.45, 7) is 4.43. The molecule has 0 saturated heterocycles. The van der Waals surface area contributed by atoms with Crippen LogP contribution in [0.25, 0.3) is 0 Å². The van der Waals surface area contributed by atoms with Crippen LogP contribution in [0.4, 0.5) is 5.69 Å². The SMILES string of the molecule is CCOc1ccccc1CNC(=O)c1ccc(Cl)c(S(=O)(=O)Nc2ccccc2C)c1. The third-order valence-electron chi connectivity index (χ3n) is 4.58. The summed E-state index contributed by atoms with van der Waals surface area (Å²) >= 11 is 6.15. The predicted octanol–water partition coefficient (Wildman–Crippen LogP) is 4.78. The van der Waals surface area contributed by atoms with Gasteiger partial charge in [0.2, 0.25) is 0 Å². The van der Waals surface area contributed by atoms with Crippen LogP contribution in [-0.2, 0) is 16.6 Å². The zero-order valence-corrected chi connectivity index (χ0v) is 18.8. The number of carbonyl (C=O) groups is 1. The van der Waals surface area contributed by atoms with Crippen LogP contribution in [0.5, 0.6) is 5.75 Å². The highest BCUT2D eigenvalue weighted by Crippen LogP contribution is 2.26. The molecule has 3 aromatic carbocycles. The standard InChI is InChI=1S/C23H23ClN2O4S/c1-3-30-21-11-7-5-9-18(21)15-25-23(27)17-12-13-19(24)22(14-17)31(28,29)26-20-10-6-4-8-16(20)2/h4-14,26H,3,15H2,1-2H3,(H,25,27). The van der Waals surface area contributed by atoms with Crippen LogP contribution in [0.2, 0.25) is 5.02 Å². The highest BCUT2D eigenvalue weighted by atomic mass is 35.5. The normalized spacial score (nSPS) is 11.1. The van der Waals surface area contributed by atoms with E-state index in [2.05, 4.69) is 10.0 Å². The van der Waals surface area contributed by atoms with Gasteiger partial charge in [0, 0.05) is 17.7 Å². The van der Waals surface area contributed by atoms with Crippen LogP contribution in [0.3, 0.4) is 0 Å². The number of para-hydroxylation sites is 2. The minimum Gasteiger partial charge on any atom is -0.494 e. The Bertz CT molecular complexity index is 1200. The fraction of sp³-hybridized carbons (Fsp3) is 0.174. The Morgan fingerprint density at radius 3 is 2.48 bits per heavy atom.